The van der Waals surface area contributed by atoms with Crippen molar-refractivity contribution in [2.75, 3.05) is 0 Å². The Morgan fingerprint density at radius 2 is 1.97 bits per heavy atom. The molecule has 3 aromatic heterocycles. The van der Waals surface area contributed by atoms with Gasteiger partial charge < -0.3 is 9.67 Å². The number of hydrogen-bond acceptors (Lipinski definition) is 5. The number of halogens is 5. The summed E-state index contributed by atoms with van der Waals surface area (Å²) in [5, 5.41) is 22.9. The van der Waals surface area contributed by atoms with Gasteiger partial charge in [0, 0.05) is 5.56 Å². The van der Waals surface area contributed by atoms with Crippen LogP contribution in [0.5, 0.6) is 0 Å². The molecule has 0 saturated carbocycles. The Morgan fingerprint density at radius 1 is 1.19 bits per heavy atom. The van der Waals surface area contributed by atoms with Crippen LogP contribution >= 0.6 is 11.6 Å². The minimum Gasteiger partial charge on any atom is -0.382 e. The Hall–Kier alpha value is -3.49. The minimum atomic E-state index is -4.85. The number of fused-ring (bicyclic) bond motifs is 1. The van der Waals surface area contributed by atoms with Crippen molar-refractivity contribution in [1.29, 1.82) is 5.26 Å². The van der Waals surface area contributed by atoms with Crippen LogP contribution < -0.4 is 0 Å². The maximum atomic E-state index is 13.6. The topological polar surface area (TPSA) is 92.0 Å². The number of nitrogens with zero attached hydrogens (tertiary/aromatic N) is 6. The van der Waals surface area contributed by atoms with Crippen LogP contribution in [0.1, 0.15) is 5.69 Å². The number of aromatic nitrogens is 5. The number of rotatable bonds is 4. The summed E-state index contributed by atoms with van der Waals surface area (Å²) in [5.74, 6) is -0.671. The fraction of sp³-hybridized carbons (Fsp3) is 0.158. The third-order valence-corrected chi connectivity index (χ3v) is 4.79. The first-order valence-electron chi connectivity index (χ1n) is 8.69. The zero-order valence-electron chi connectivity index (χ0n) is 15.3. The quantitative estimate of drug-likeness (QED) is 0.477. The van der Waals surface area contributed by atoms with E-state index in [-0.39, 0.29) is 27.8 Å². The lowest BCUT2D eigenvalue weighted by Gasteiger charge is -2.17. The van der Waals surface area contributed by atoms with E-state index in [9.17, 15) is 27.9 Å². The summed E-state index contributed by atoms with van der Waals surface area (Å²) in [5.41, 5.74) is 1.24. The van der Waals surface area contributed by atoms with Crippen molar-refractivity contribution in [3.63, 3.8) is 0 Å². The molecule has 0 saturated heterocycles. The van der Waals surface area contributed by atoms with Gasteiger partial charge in [-0.25, -0.2) is 18.9 Å². The zero-order valence-corrected chi connectivity index (χ0v) is 16.1. The van der Waals surface area contributed by atoms with Gasteiger partial charge in [0.1, 0.15) is 17.6 Å². The summed E-state index contributed by atoms with van der Waals surface area (Å²) >= 11 is 5.85. The van der Waals surface area contributed by atoms with Gasteiger partial charge in [0.05, 0.1) is 35.5 Å². The third-order valence-electron chi connectivity index (χ3n) is 4.50. The van der Waals surface area contributed by atoms with Gasteiger partial charge in [-0.1, -0.05) is 11.6 Å². The fourth-order valence-electron chi connectivity index (χ4n) is 3.01. The lowest BCUT2D eigenvalue weighted by atomic mass is 10.1. The standard InChI is InChI=1S/C19H11ClF4N6O/c20-12-5-10(1-2-13(12)21)17-18(29(9-27-17)8-15(31)19(22,23)24)14-3-4-16-26-7-11(6-25)30(16)28-14/h1-5,7,9,15,31H,8H2. The van der Waals surface area contributed by atoms with Gasteiger partial charge >= 0.3 is 6.18 Å². The van der Waals surface area contributed by atoms with Crippen molar-refractivity contribution in [2.24, 2.45) is 0 Å². The van der Waals surface area contributed by atoms with E-state index >= 15 is 0 Å². The Labute approximate surface area is 176 Å². The van der Waals surface area contributed by atoms with Crippen LogP contribution in [0.2, 0.25) is 5.02 Å². The fourth-order valence-corrected chi connectivity index (χ4v) is 3.19. The molecule has 1 atom stereocenters. The summed E-state index contributed by atoms with van der Waals surface area (Å²) < 4.78 is 54.8. The first-order chi connectivity index (χ1) is 14.7. The second-order valence-electron chi connectivity index (χ2n) is 6.52. The molecule has 3 heterocycles. The minimum absolute atomic E-state index is 0.115. The molecule has 0 spiro atoms. The third kappa shape index (κ3) is 3.83. The Morgan fingerprint density at radius 3 is 2.65 bits per heavy atom. The smallest absolute Gasteiger partial charge is 0.382 e. The number of hydrogen-bond donors (Lipinski definition) is 1. The van der Waals surface area contributed by atoms with Crippen LogP contribution in [0, 0.1) is 17.1 Å². The Kier molecular flexibility index (Phi) is 5.12. The van der Waals surface area contributed by atoms with E-state index in [1.165, 1.54) is 35.0 Å². The van der Waals surface area contributed by atoms with E-state index < -0.39 is 24.6 Å². The van der Waals surface area contributed by atoms with Crippen molar-refractivity contribution >= 4 is 17.2 Å². The highest BCUT2D eigenvalue weighted by atomic mass is 35.5. The molecule has 1 unspecified atom stereocenters. The van der Waals surface area contributed by atoms with Crippen LogP contribution in [0.3, 0.4) is 0 Å². The zero-order chi connectivity index (χ0) is 22.3. The highest BCUT2D eigenvalue weighted by Crippen LogP contribution is 2.33. The molecule has 0 amide bonds. The number of alkyl halides is 3. The van der Waals surface area contributed by atoms with E-state index in [1.807, 2.05) is 6.07 Å². The van der Waals surface area contributed by atoms with E-state index in [1.54, 1.807) is 0 Å². The van der Waals surface area contributed by atoms with Gasteiger partial charge in [0.15, 0.2) is 17.4 Å². The lowest BCUT2D eigenvalue weighted by molar-refractivity contribution is -0.207. The normalized spacial score (nSPS) is 12.8. The van der Waals surface area contributed by atoms with Crippen LogP contribution in [0.15, 0.2) is 42.9 Å². The van der Waals surface area contributed by atoms with Gasteiger partial charge in [-0.2, -0.15) is 23.5 Å². The molecule has 7 nitrogen and oxygen atoms in total. The van der Waals surface area contributed by atoms with Crippen molar-refractivity contribution in [2.45, 2.75) is 18.8 Å². The number of nitriles is 1. The second-order valence-corrected chi connectivity index (χ2v) is 6.93. The Bertz CT molecular complexity index is 1320. The molecular formula is C19H11ClF4N6O. The molecule has 1 aromatic carbocycles. The number of benzene rings is 1. The van der Waals surface area contributed by atoms with E-state index in [4.69, 9.17) is 11.6 Å². The molecule has 1 N–H and O–H groups in total. The predicted molar refractivity (Wildman–Crippen MR) is 101 cm³/mol. The maximum Gasteiger partial charge on any atom is 0.416 e. The van der Waals surface area contributed by atoms with Crippen molar-refractivity contribution in [3.05, 3.63) is 59.4 Å². The molecule has 0 aliphatic heterocycles. The van der Waals surface area contributed by atoms with E-state index in [0.29, 0.717) is 11.2 Å². The summed E-state index contributed by atoms with van der Waals surface area (Å²) in [6, 6.07) is 8.69. The molecule has 0 aliphatic rings. The SMILES string of the molecule is N#Cc1cnc2ccc(-c3c(-c4ccc(F)c(Cl)c4)ncn3CC(O)C(F)(F)F)nn12. The number of aliphatic hydroxyl groups excluding tert-OH is 1. The largest absolute Gasteiger partial charge is 0.416 e. The van der Waals surface area contributed by atoms with Crippen molar-refractivity contribution in [3.8, 4) is 28.7 Å². The molecule has 4 rings (SSSR count). The van der Waals surface area contributed by atoms with Gasteiger partial charge in [0.2, 0.25) is 0 Å². The molecular weight excluding hydrogens is 440 g/mol. The predicted octanol–water partition coefficient (Wildman–Crippen LogP) is 3.85. The van der Waals surface area contributed by atoms with Crippen molar-refractivity contribution < 1.29 is 22.7 Å². The van der Waals surface area contributed by atoms with E-state index in [0.717, 1.165) is 17.0 Å². The van der Waals surface area contributed by atoms with Crippen molar-refractivity contribution in [1.82, 2.24) is 24.1 Å². The van der Waals surface area contributed by atoms with Gasteiger partial charge in [-0.05, 0) is 30.3 Å². The highest BCUT2D eigenvalue weighted by molar-refractivity contribution is 6.31. The van der Waals surface area contributed by atoms with Crippen LogP contribution in [0.4, 0.5) is 17.6 Å². The average Bonchev–Trinajstić information content (AvgIpc) is 3.32. The van der Waals surface area contributed by atoms with Gasteiger partial charge in [0.25, 0.3) is 0 Å². The highest BCUT2D eigenvalue weighted by Gasteiger charge is 2.39. The molecule has 31 heavy (non-hydrogen) atoms. The Balaban J connectivity index is 1.92. The lowest BCUT2D eigenvalue weighted by Crippen LogP contribution is -2.32. The second kappa shape index (κ2) is 7.64. The molecule has 4 aromatic rings. The molecule has 0 radical (unpaired) electrons. The van der Waals surface area contributed by atoms with E-state index in [2.05, 4.69) is 15.1 Å². The van der Waals surface area contributed by atoms with Gasteiger partial charge in [-0.15, -0.1) is 0 Å². The molecule has 0 bridgehead atoms. The molecule has 158 valence electrons. The summed E-state index contributed by atoms with van der Waals surface area (Å²) in [6.45, 7) is -0.852. The van der Waals surface area contributed by atoms with Crippen LogP contribution in [-0.2, 0) is 6.54 Å². The summed E-state index contributed by atoms with van der Waals surface area (Å²) in [6.07, 6.45) is -5.09. The summed E-state index contributed by atoms with van der Waals surface area (Å²) in [7, 11) is 0. The molecule has 0 fully saturated rings. The summed E-state index contributed by atoms with van der Waals surface area (Å²) in [4.78, 5) is 8.18. The first-order valence-corrected chi connectivity index (χ1v) is 9.07. The average molecular weight is 451 g/mol. The maximum absolute atomic E-state index is 13.6. The number of aliphatic hydroxyl groups is 1. The van der Waals surface area contributed by atoms with Gasteiger partial charge in [-0.3, -0.25) is 0 Å². The van der Waals surface area contributed by atoms with Crippen LogP contribution in [-0.4, -0.2) is 41.5 Å². The monoisotopic (exact) mass is 450 g/mol. The number of imidazole rings is 2. The van der Waals surface area contributed by atoms with Crippen LogP contribution in [0.25, 0.3) is 28.3 Å². The molecule has 12 heteroatoms. The molecule has 0 aliphatic carbocycles. The first kappa shape index (κ1) is 20.8.